The van der Waals surface area contributed by atoms with E-state index in [0.29, 0.717) is 32.5 Å². The van der Waals surface area contributed by atoms with Crippen LogP contribution in [0, 0.1) is 5.82 Å². The van der Waals surface area contributed by atoms with Gasteiger partial charge in [0.25, 0.3) is 0 Å². The smallest absolute Gasteiger partial charge is 0.234 e. The molecule has 0 spiro atoms. The zero-order chi connectivity index (χ0) is 21.8. The lowest BCUT2D eigenvalue weighted by Crippen LogP contribution is -2.15. The van der Waals surface area contributed by atoms with Gasteiger partial charge in [-0.3, -0.25) is 4.79 Å². The van der Waals surface area contributed by atoms with Crippen LogP contribution in [0.5, 0.6) is 5.75 Å². The van der Waals surface area contributed by atoms with Crippen LogP contribution in [0.4, 0.5) is 10.1 Å². The molecule has 158 valence electrons. The molecule has 0 fully saturated rings. The number of nitrogens with zero attached hydrogens (tertiary/aromatic N) is 3. The number of aromatic nitrogens is 3. The number of hydrogen-bond acceptors (Lipinski definition) is 5. The minimum absolute atomic E-state index is 0.0628. The molecule has 1 amide bonds. The van der Waals surface area contributed by atoms with Crippen molar-refractivity contribution >= 4 is 58.2 Å². The third-order valence-corrected chi connectivity index (χ3v) is 5.82. The van der Waals surface area contributed by atoms with Crippen LogP contribution in [-0.4, -0.2) is 26.4 Å². The molecule has 1 unspecified atom stereocenters. The van der Waals surface area contributed by atoms with Crippen LogP contribution in [0.1, 0.15) is 18.9 Å². The zero-order valence-corrected chi connectivity index (χ0v) is 18.9. The number of halogens is 4. The fourth-order valence-corrected chi connectivity index (χ4v) is 3.74. The molecule has 1 atom stereocenters. The van der Waals surface area contributed by atoms with E-state index in [1.165, 1.54) is 30.0 Å². The topological polar surface area (TPSA) is 69.0 Å². The third kappa shape index (κ3) is 5.57. The first-order valence-electron chi connectivity index (χ1n) is 8.63. The maximum absolute atomic E-state index is 13.2. The number of thioether (sulfide) groups is 1. The van der Waals surface area contributed by atoms with Gasteiger partial charge in [0.15, 0.2) is 17.1 Å². The fourth-order valence-electron chi connectivity index (χ4n) is 2.52. The number of carbonyl (C=O) groups excluding carboxylic acids is 1. The van der Waals surface area contributed by atoms with Gasteiger partial charge in [0.2, 0.25) is 5.91 Å². The Balaban J connectivity index is 1.61. The highest BCUT2D eigenvalue weighted by Crippen LogP contribution is 2.31. The molecule has 0 bridgehead atoms. The van der Waals surface area contributed by atoms with E-state index in [1.807, 2.05) is 0 Å². The molecule has 3 rings (SSSR count). The number of hydrogen-bond donors (Lipinski definition) is 1. The van der Waals surface area contributed by atoms with Gasteiger partial charge in [0, 0.05) is 23.8 Å². The summed E-state index contributed by atoms with van der Waals surface area (Å²) in [6.45, 7) is 1.81. The highest BCUT2D eigenvalue weighted by molar-refractivity contribution is 7.99. The first-order valence-corrected chi connectivity index (χ1v) is 10.7. The molecule has 0 radical (unpaired) electrons. The average molecular weight is 490 g/mol. The van der Waals surface area contributed by atoms with Crippen LogP contribution in [0.25, 0.3) is 0 Å². The van der Waals surface area contributed by atoms with Crippen molar-refractivity contribution in [1.82, 2.24) is 14.8 Å². The van der Waals surface area contributed by atoms with Gasteiger partial charge in [0.05, 0.1) is 15.8 Å². The Kier molecular flexibility index (Phi) is 7.46. The molecule has 2 aromatic carbocycles. The number of anilines is 1. The molecule has 0 saturated heterocycles. The van der Waals surface area contributed by atoms with E-state index >= 15 is 0 Å². The molecule has 1 heterocycles. The van der Waals surface area contributed by atoms with E-state index in [4.69, 9.17) is 39.5 Å². The summed E-state index contributed by atoms with van der Waals surface area (Å²) < 4.78 is 20.8. The van der Waals surface area contributed by atoms with E-state index in [2.05, 4.69) is 15.5 Å². The van der Waals surface area contributed by atoms with Crippen LogP contribution in [0.3, 0.4) is 0 Å². The van der Waals surface area contributed by atoms with E-state index in [9.17, 15) is 9.18 Å². The first kappa shape index (κ1) is 22.7. The predicted octanol–water partition coefficient (Wildman–Crippen LogP) is 5.79. The Hall–Kier alpha value is -2.00. The van der Waals surface area contributed by atoms with E-state index in [-0.39, 0.29) is 16.7 Å². The molecule has 0 aliphatic rings. The number of carbonyl (C=O) groups is 1. The van der Waals surface area contributed by atoms with Crippen LogP contribution in [0.15, 0.2) is 41.6 Å². The van der Waals surface area contributed by atoms with Gasteiger partial charge >= 0.3 is 0 Å². The van der Waals surface area contributed by atoms with Crippen molar-refractivity contribution in [3.05, 3.63) is 63.1 Å². The second-order valence-electron chi connectivity index (χ2n) is 6.20. The highest BCUT2D eigenvalue weighted by atomic mass is 35.5. The summed E-state index contributed by atoms with van der Waals surface area (Å²) in [6.07, 6.45) is -0.456. The molecule has 0 aliphatic heterocycles. The van der Waals surface area contributed by atoms with E-state index < -0.39 is 11.9 Å². The van der Waals surface area contributed by atoms with Gasteiger partial charge in [-0.05, 0) is 37.3 Å². The Morgan fingerprint density at radius 2 is 1.97 bits per heavy atom. The van der Waals surface area contributed by atoms with Crippen molar-refractivity contribution in [2.45, 2.75) is 18.2 Å². The molecule has 6 nitrogen and oxygen atoms in total. The summed E-state index contributed by atoms with van der Waals surface area (Å²) in [5.74, 6) is 0.231. The highest BCUT2D eigenvalue weighted by Gasteiger charge is 2.19. The van der Waals surface area contributed by atoms with Gasteiger partial charge in [0.1, 0.15) is 11.6 Å². The number of nitrogens with one attached hydrogen (secondary N) is 1. The summed E-state index contributed by atoms with van der Waals surface area (Å²) in [6, 6.07) is 8.91. The van der Waals surface area contributed by atoms with Gasteiger partial charge in [-0.15, -0.1) is 10.2 Å². The third-order valence-electron chi connectivity index (χ3n) is 3.96. The van der Waals surface area contributed by atoms with Crippen molar-refractivity contribution in [2.24, 2.45) is 7.05 Å². The summed E-state index contributed by atoms with van der Waals surface area (Å²) >= 11 is 19.0. The van der Waals surface area contributed by atoms with Crippen LogP contribution >= 0.6 is 46.6 Å². The van der Waals surface area contributed by atoms with Crippen LogP contribution < -0.4 is 10.1 Å². The Morgan fingerprint density at radius 1 is 1.20 bits per heavy atom. The largest absolute Gasteiger partial charge is 0.481 e. The SMILES string of the molecule is CC(Oc1cc(Cl)ccc1Cl)c1nnc(SCC(=O)Nc2ccc(F)c(Cl)c2)n1C. The monoisotopic (exact) mass is 488 g/mol. The van der Waals surface area contributed by atoms with Crippen LogP contribution in [-0.2, 0) is 11.8 Å². The van der Waals surface area contributed by atoms with E-state index in [1.54, 1.807) is 36.7 Å². The average Bonchev–Trinajstić information content (AvgIpc) is 3.06. The maximum Gasteiger partial charge on any atom is 0.234 e. The Morgan fingerprint density at radius 3 is 2.70 bits per heavy atom. The standard InChI is InChI=1S/C19H16Cl3FN4O2S/c1-10(29-16-7-11(20)3-5-13(16)21)18-25-26-19(27(18)2)30-9-17(28)24-12-4-6-15(23)14(22)8-12/h3-8,10H,9H2,1-2H3,(H,24,28). The minimum atomic E-state index is -0.550. The van der Waals surface area contributed by atoms with Crippen molar-refractivity contribution in [2.75, 3.05) is 11.1 Å². The molecule has 1 aromatic heterocycles. The van der Waals surface area contributed by atoms with Gasteiger partial charge in [-0.25, -0.2) is 4.39 Å². The van der Waals surface area contributed by atoms with Gasteiger partial charge < -0.3 is 14.6 Å². The summed E-state index contributed by atoms with van der Waals surface area (Å²) in [7, 11) is 1.77. The fraction of sp³-hybridized carbons (Fsp3) is 0.211. The van der Waals surface area contributed by atoms with Gasteiger partial charge in [-0.1, -0.05) is 46.6 Å². The number of benzene rings is 2. The Bertz CT molecular complexity index is 1080. The van der Waals surface area contributed by atoms with E-state index in [0.717, 1.165) is 0 Å². The minimum Gasteiger partial charge on any atom is -0.481 e. The molecule has 1 N–H and O–H groups in total. The summed E-state index contributed by atoms with van der Waals surface area (Å²) in [5.41, 5.74) is 0.408. The normalized spacial score (nSPS) is 11.9. The molecular weight excluding hydrogens is 474 g/mol. The lowest BCUT2D eigenvalue weighted by Gasteiger charge is -2.15. The lowest BCUT2D eigenvalue weighted by atomic mass is 10.3. The molecular formula is C19H16Cl3FN4O2S. The number of ether oxygens (including phenoxy) is 1. The van der Waals surface area contributed by atoms with Gasteiger partial charge in [-0.2, -0.15) is 0 Å². The second kappa shape index (κ2) is 9.87. The Labute approximate surface area is 191 Å². The predicted molar refractivity (Wildman–Crippen MR) is 117 cm³/mol. The second-order valence-corrected chi connectivity index (χ2v) is 8.39. The molecule has 30 heavy (non-hydrogen) atoms. The summed E-state index contributed by atoms with van der Waals surface area (Å²) in [5, 5.41) is 12.3. The van der Waals surface area contributed by atoms with Crippen molar-refractivity contribution in [1.29, 1.82) is 0 Å². The number of amides is 1. The van der Waals surface area contributed by atoms with Crippen LogP contribution in [0.2, 0.25) is 15.1 Å². The summed E-state index contributed by atoms with van der Waals surface area (Å²) in [4.78, 5) is 12.2. The molecule has 0 saturated carbocycles. The van der Waals surface area contributed by atoms with Crippen molar-refractivity contribution in [3.8, 4) is 5.75 Å². The lowest BCUT2D eigenvalue weighted by molar-refractivity contribution is -0.113. The zero-order valence-electron chi connectivity index (χ0n) is 15.8. The van der Waals surface area contributed by atoms with Crippen molar-refractivity contribution < 1.29 is 13.9 Å². The van der Waals surface area contributed by atoms with Crippen molar-refractivity contribution in [3.63, 3.8) is 0 Å². The first-order chi connectivity index (χ1) is 14.2. The number of rotatable bonds is 7. The maximum atomic E-state index is 13.2. The molecule has 3 aromatic rings. The molecule has 0 aliphatic carbocycles. The molecule has 11 heteroatoms. The quantitative estimate of drug-likeness (QED) is 0.426.